The molecule has 0 aliphatic carbocycles. The number of imidazole rings is 1. The summed E-state index contributed by atoms with van der Waals surface area (Å²) in [4.78, 5) is 4.25. The van der Waals surface area contributed by atoms with Crippen LogP contribution in [0.25, 0.3) is 0 Å². The molecule has 15 heavy (non-hydrogen) atoms. The molecule has 5 heteroatoms. The SMILES string of the molecule is CC(C)Cn1ccnc1Nc1cn[nH]c1. The maximum Gasteiger partial charge on any atom is 0.207 e. The van der Waals surface area contributed by atoms with E-state index in [0.717, 1.165) is 18.2 Å². The van der Waals surface area contributed by atoms with Gasteiger partial charge in [0.05, 0.1) is 11.9 Å². The van der Waals surface area contributed by atoms with Crippen LogP contribution in [0.3, 0.4) is 0 Å². The van der Waals surface area contributed by atoms with E-state index in [1.807, 2.05) is 6.20 Å². The summed E-state index contributed by atoms with van der Waals surface area (Å²) in [5, 5.41) is 9.82. The maximum atomic E-state index is 4.25. The van der Waals surface area contributed by atoms with Crippen molar-refractivity contribution in [2.24, 2.45) is 5.92 Å². The molecule has 0 atom stereocenters. The summed E-state index contributed by atoms with van der Waals surface area (Å²) in [6, 6.07) is 0. The van der Waals surface area contributed by atoms with Gasteiger partial charge >= 0.3 is 0 Å². The van der Waals surface area contributed by atoms with Crippen molar-refractivity contribution in [3.8, 4) is 0 Å². The van der Waals surface area contributed by atoms with Crippen LogP contribution in [-0.4, -0.2) is 19.7 Å². The normalized spacial score (nSPS) is 10.9. The molecule has 5 nitrogen and oxygen atoms in total. The molecule has 0 spiro atoms. The highest BCUT2D eigenvalue weighted by molar-refractivity contribution is 5.50. The van der Waals surface area contributed by atoms with Gasteiger partial charge in [-0.05, 0) is 5.92 Å². The van der Waals surface area contributed by atoms with Crippen molar-refractivity contribution >= 4 is 11.6 Å². The molecule has 0 aliphatic rings. The Labute approximate surface area is 88.5 Å². The number of rotatable bonds is 4. The molecule has 2 aromatic rings. The van der Waals surface area contributed by atoms with Gasteiger partial charge in [-0.2, -0.15) is 5.10 Å². The Kier molecular flexibility index (Phi) is 2.71. The number of nitrogens with zero attached hydrogens (tertiary/aromatic N) is 3. The monoisotopic (exact) mass is 205 g/mol. The van der Waals surface area contributed by atoms with E-state index in [0.29, 0.717) is 5.92 Å². The Hall–Kier alpha value is -1.78. The summed E-state index contributed by atoms with van der Waals surface area (Å²) in [5.41, 5.74) is 0.922. The third-order valence-corrected chi connectivity index (χ3v) is 2.03. The molecule has 2 aromatic heterocycles. The Morgan fingerprint density at radius 2 is 2.40 bits per heavy atom. The van der Waals surface area contributed by atoms with Crippen molar-refractivity contribution in [3.05, 3.63) is 24.8 Å². The minimum absolute atomic E-state index is 0.601. The van der Waals surface area contributed by atoms with Crippen LogP contribution in [0.1, 0.15) is 13.8 Å². The summed E-state index contributed by atoms with van der Waals surface area (Å²) in [7, 11) is 0. The average molecular weight is 205 g/mol. The summed E-state index contributed by atoms with van der Waals surface area (Å²) in [6.07, 6.45) is 7.30. The summed E-state index contributed by atoms with van der Waals surface area (Å²) < 4.78 is 2.09. The third kappa shape index (κ3) is 2.37. The highest BCUT2D eigenvalue weighted by Crippen LogP contribution is 2.14. The fraction of sp³-hybridized carbons (Fsp3) is 0.400. The molecular weight excluding hydrogens is 190 g/mol. The molecule has 2 heterocycles. The molecule has 0 aliphatic heterocycles. The van der Waals surface area contributed by atoms with E-state index in [-0.39, 0.29) is 0 Å². The van der Waals surface area contributed by atoms with Gasteiger partial charge in [0.1, 0.15) is 0 Å². The molecule has 2 rings (SSSR count). The lowest BCUT2D eigenvalue weighted by Crippen LogP contribution is -2.07. The molecule has 2 N–H and O–H groups in total. The Morgan fingerprint density at radius 1 is 1.53 bits per heavy atom. The summed E-state index contributed by atoms with van der Waals surface area (Å²) in [6.45, 7) is 5.32. The first-order valence-corrected chi connectivity index (χ1v) is 5.02. The molecule has 0 unspecified atom stereocenters. The van der Waals surface area contributed by atoms with E-state index in [2.05, 4.69) is 38.9 Å². The zero-order chi connectivity index (χ0) is 10.7. The van der Waals surface area contributed by atoms with Gasteiger partial charge in [0.15, 0.2) is 0 Å². The second-order valence-corrected chi connectivity index (χ2v) is 3.91. The van der Waals surface area contributed by atoms with Gasteiger partial charge < -0.3 is 9.88 Å². The Bertz CT molecular complexity index is 401. The average Bonchev–Trinajstić information content (AvgIpc) is 2.78. The maximum absolute atomic E-state index is 4.25. The van der Waals surface area contributed by atoms with Crippen molar-refractivity contribution in [2.45, 2.75) is 20.4 Å². The molecule has 0 saturated carbocycles. The van der Waals surface area contributed by atoms with E-state index in [9.17, 15) is 0 Å². The highest BCUT2D eigenvalue weighted by Gasteiger charge is 2.04. The first-order chi connectivity index (χ1) is 7.25. The molecule has 0 bridgehead atoms. The van der Waals surface area contributed by atoms with Crippen LogP contribution < -0.4 is 5.32 Å². The quantitative estimate of drug-likeness (QED) is 0.802. The number of aromatic nitrogens is 4. The summed E-state index contributed by atoms with van der Waals surface area (Å²) in [5.74, 6) is 1.45. The van der Waals surface area contributed by atoms with Crippen molar-refractivity contribution < 1.29 is 0 Å². The van der Waals surface area contributed by atoms with Crippen LogP contribution >= 0.6 is 0 Å². The predicted molar refractivity (Wildman–Crippen MR) is 58.9 cm³/mol. The van der Waals surface area contributed by atoms with Gasteiger partial charge in [0.25, 0.3) is 0 Å². The fourth-order valence-corrected chi connectivity index (χ4v) is 1.42. The van der Waals surface area contributed by atoms with Crippen LogP contribution in [0.4, 0.5) is 11.6 Å². The van der Waals surface area contributed by atoms with E-state index in [1.54, 1.807) is 18.6 Å². The highest BCUT2D eigenvalue weighted by atomic mass is 15.2. The molecular formula is C10H15N5. The largest absolute Gasteiger partial charge is 0.323 e. The number of aromatic amines is 1. The first-order valence-electron chi connectivity index (χ1n) is 5.02. The zero-order valence-electron chi connectivity index (χ0n) is 8.94. The Morgan fingerprint density at radius 3 is 3.07 bits per heavy atom. The smallest absolute Gasteiger partial charge is 0.207 e. The van der Waals surface area contributed by atoms with E-state index in [4.69, 9.17) is 0 Å². The van der Waals surface area contributed by atoms with Crippen molar-refractivity contribution in [1.82, 2.24) is 19.7 Å². The summed E-state index contributed by atoms with van der Waals surface area (Å²) >= 11 is 0. The van der Waals surface area contributed by atoms with Gasteiger partial charge in [-0.15, -0.1) is 0 Å². The number of hydrogen-bond donors (Lipinski definition) is 2. The molecule has 0 fully saturated rings. The predicted octanol–water partition coefficient (Wildman–Crippen LogP) is 2.01. The third-order valence-electron chi connectivity index (χ3n) is 2.03. The lowest BCUT2D eigenvalue weighted by atomic mass is 10.2. The molecule has 0 amide bonds. The standard InChI is InChI=1S/C10H15N5/c1-8(2)7-15-4-3-11-10(15)14-9-5-12-13-6-9/h3-6,8H,7H2,1-2H3,(H,11,14)(H,12,13). The number of anilines is 2. The van der Waals surface area contributed by atoms with Gasteiger partial charge in [-0.1, -0.05) is 13.8 Å². The second kappa shape index (κ2) is 4.16. The molecule has 0 radical (unpaired) electrons. The lowest BCUT2D eigenvalue weighted by Gasteiger charge is -2.10. The van der Waals surface area contributed by atoms with E-state index in [1.165, 1.54) is 0 Å². The zero-order valence-corrected chi connectivity index (χ0v) is 8.94. The first kappa shape index (κ1) is 9.76. The van der Waals surface area contributed by atoms with Crippen molar-refractivity contribution in [2.75, 3.05) is 5.32 Å². The topological polar surface area (TPSA) is 58.5 Å². The van der Waals surface area contributed by atoms with Crippen LogP contribution in [0.15, 0.2) is 24.8 Å². The van der Waals surface area contributed by atoms with Gasteiger partial charge in [-0.3, -0.25) is 5.10 Å². The number of nitrogens with one attached hydrogen (secondary N) is 2. The molecule has 80 valence electrons. The molecule has 0 aromatic carbocycles. The minimum Gasteiger partial charge on any atom is -0.323 e. The lowest BCUT2D eigenvalue weighted by molar-refractivity contribution is 0.527. The minimum atomic E-state index is 0.601. The van der Waals surface area contributed by atoms with Gasteiger partial charge in [0, 0.05) is 25.1 Å². The van der Waals surface area contributed by atoms with Crippen LogP contribution in [0.2, 0.25) is 0 Å². The molecule has 0 saturated heterocycles. The van der Waals surface area contributed by atoms with Crippen LogP contribution in [0.5, 0.6) is 0 Å². The van der Waals surface area contributed by atoms with Crippen LogP contribution in [-0.2, 0) is 6.54 Å². The van der Waals surface area contributed by atoms with E-state index >= 15 is 0 Å². The second-order valence-electron chi connectivity index (χ2n) is 3.91. The number of hydrogen-bond acceptors (Lipinski definition) is 3. The van der Waals surface area contributed by atoms with Crippen LogP contribution in [0, 0.1) is 5.92 Å². The fourth-order valence-electron chi connectivity index (χ4n) is 1.42. The van der Waals surface area contributed by atoms with Gasteiger partial charge in [0.2, 0.25) is 5.95 Å². The number of H-pyrrole nitrogens is 1. The van der Waals surface area contributed by atoms with E-state index < -0.39 is 0 Å². The van der Waals surface area contributed by atoms with Crippen molar-refractivity contribution in [3.63, 3.8) is 0 Å². The van der Waals surface area contributed by atoms with Crippen molar-refractivity contribution in [1.29, 1.82) is 0 Å². The van der Waals surface area contributed by atoms with Gasteiger partial charge in [-0.25, -0.2) is 4.98 Å². The Balaban J connectivity index is 2.11.